The van der Waals surface area contributed by atoms with E-state index in [2.05, 4.69) is 19.2 Å². The van der Waals surface area contributed by atoms with Crippen molar-refractivity contribution in [2.75, 3.05) is 18.8 Å². The highest BCUT2D eigenvalue weighted by Crippen LogP contribution is 2.19. The Balaban J connectivity index is 2.47. The molecule has 0 spiro atoms. The van der Waals surface area contributed by atoms with Crippen molar-refractivity contribution in [2.45, 2.75) is 44.4 Å². The number of hydrogen-bond acceptors (Lipinski definition) is 4. The van der Waals surface area contributed by atoms with E-state index in [4.69, 9.17) is 5.73 Å². The molecule has 1 fully saturated rings. The SMILES string of the molecule is CC(C)C(CN)NCC1CCCCS1(=O)=O. The number of hydrogen-bond donors (Lipinski definition) is 2. The first-order chi connectivity index (χ1) is 7.47. The molecule has 0 amide bonds. The Morgan fingerprint density at radius 1 is 1.38 bits per heavy atom. The summed E-state index contributed by atoms with van der Waals surface area (Å²) in [6, 6.07) is 0.220. The van der Waals surface area contributed by atoms with Gasteiger partial charge < -0.3 is 11.1 Å². The molecule has 2 unspecified atom stereocenters. The average Bonchev–Trinajstić information content (AvgIpc) is 2.20. The Labute approximate surface area is 98.9 Å². The topological polar surface area (TPSA) is 72.2 Å². The smallest absolute Gasteiger partial charge is 0.154 e. The monoisotopic (exact) mass is 248 g/mol. The van der Waals surface area contributed by atoms with Gasteiger partial charge in [0.15, 0.2) is 9.84 Å². The third-order valence-corrected chi connectivity index (χ3v) is 5.66. The van der Waals surface area contributed by atoms with Crippen molar-refractivity contribution in [3.05, 3.63) is 0 Å². The molecule has 4 nitrogen and oxygen atoms in total. The zero-order valence-corrected chi connectivity index (χ0v) is 11.1. The fourth-order valence-corrected chi connectivity index (χ4v) is 3.94. The third-order valence-electron chi connectivity index (χ3n) is 3.38. The lowest BCUT2D eigenvalue weighted by Crippen LogP contribution is -2.46. The van der Waals surface area contributed by atoms with Crippen LogP contribution in [0.4, 0.5) is 0 Å². The summed E-state index contributed by atoms with van der Waals surface area (Å²) in [5.74, 6) is 0.796. The summed E-state index contributed by atoms with van der Waals surface area (Å²) >= 11 is 0. The van der Waals surface area contributed by atoms with Gasteiger partial charge in [-0.05, 0) is 18.8 Å². The molecule has 1 aliphatic heterocycles. The normalized spacial score (nSPS) is 26.9. The van der Waals surface area contributed by atoms with Crippen LogP contribution in [0.3, 0.4) is 0 Å². The van der Waals surface area contributed by atoms with E-state index >= 15 is 0 Å². The van der Waals surface area contributed by atoms with Gasteiger partial charge in [0.25, 0.3) is 0 Å². The molecule has 1 rings (SSSR count). The van der Waals surface area contributed by atoms with Gasteiger partial charge in [-0.1, -0.05) is 20.3 Å². The molecule has 5 heteroatoms. The molecule has 96 valence electrons. The highest BCUT2D eigenvalue weighted by molar-refractivity contribution is 7.92. The second-order valence-corrected chi connectivity index (χ2v) is 7.38. The van der Waals surface area contributed by atoms with E-state index in [0.717, 1.165) is 19.3 Å². The molecule has 16 heavy (non-hydrogen) atoms. The van der Waals surface area contributed by atoms with Crippen LogP contribution in [0, 0.1) is 5.92 Å². The molecule has 0 radical (unpaired) electrons. The second kappa shape index (κ2) is 5.98. The molecule has 1 saturated heterocycles. The van der Waals surface area contributed by atoms with Crippen LogP contribution >= 0.6 is 0 Å². The summed E-state index contributed by atoms with van der Waals surface area (Å²) in [5, 5.41) is 3.09. The van der Waals surface area contributed by atoms with Gasteiger partial charge in [-0.25, -0.2) is 8.42 Å². The molecule has 0 aromatic rings. The van der Waals surface area contributed by atoms with Gasteiger partial charge in [-0.3, -0.25) is 0 Å². The Morgan fingerprint density at radius 3 is 2.56 bits per heavy atom. The van der Waals surface area contributed by atoms with Crippen LogP contribution in [0.1, 0.15) is 33.1 Å². The highest BCUT2D eigenvalue weighted by Gasteiger charge is 2.29. The van der Waals surface area contributed by atoms with Crippen molar-refractivity contribution in [3.8, 4) is 0 Å². The predicted octanol–water partition coefficient (Wildman–Crippen LogP) is 0.527. The quantitative estimate of drug-likeness (QED) is 0.744. The highest BCUT2D eigenvalue weighted by atomic mass is 32.2. The van der Waals surface area contributed by atoms with Crippen LogP contribution < -0.4 is 11.1 Å². The van der Waals surface area contributed by atoms with Gasteiger partial charge >= 0.3 is 0 Å². The molecule has 0 aromatic carbocycles. The first-order valence-corrected chi connectivity index (χ1v) is 7.84. The maximum Gasteiger partial charge on any atom is 0.154 e. The summed E-state index contributed by atoms with van der Waals surface area (Å²) < 4.78 is 23.6. The van der Waals surface area contributed by atoms with E-state index in [-0.39, 0.29) is 11.3 Å². The first kappa shape index (κ1) is 13.9. The molecule has 0 aromatic heterocycles. The number of rotatable bonds is 5. The van der Waals surface area contributed by atoms with E-state index in [1.165, 1.54) is 0 Å². The molecule has 0 aliphatic carbocycles. The van der Waals surface area contributed by atoms with Gasteiger partial charge in [-0.2, -0.15) is 0 Å². The fourth-order valence-electron chi connectivity index (χ4n) is 2.12. The molecular formula is C11H24N2O2S. The summed E-state index contributed by atoms with van der Waals surface area (Å²) in [6.45, 7) is 5.31. The van der Waals surface area contributed by atoms with Gasteiger partial charge in [0.1, 0.15) is 0 Å². The zero-order valence-electron chi connectivity index (χ0n) is 10.3. The standard InChI is InChI=1S/C11H24N2O2S/c1-9(2)11(7-12)13-8-10-5-3-4-6-16(10,14)15/h9-11,13H,3-8,12H2,1-2H3. The van der Waals surface area contributed by atoms with Gasteiger partial charge in [-0.15, -0.1) is 0 Å². The minimum Gasteiger partial charge on any atom is -0.329 e. The van der Waals surface area contributed by atoms with E-state index in [9.17, 15) is 8.42 Å². The molecule has 1 heterocycles. The zero-order chi connectivity index (χ0) is 12.2. The van der Waals surface area contributed by atoms with Crippen molar-refractivity contribution < 1.29 is 8.42 Å². The number of nitrogens with one attached hydrogen (secondary N) is 1. The van der Waals surface area contributed by atoms with Crippen molar-refractivity contribution in [1.29, 1.82) is 0 Å². The maximum absolute atomic E-state index is 11.8. The lowest BCUT2D eigenvalue weighted by molar-refractivity contribution is 0.396. The van der Waals surface area contributed by atoms with Crippen LogP contribution in [0.25, 0.3) is 0 Å². The van der Waals surface area contributed by atoms with E-state index in [1.54, 1.807) is 0 Å². The lowest BCUT2D eigenvalue weighted by atomic mass is 10.0. The average molecular weight is 248 g/mol. The Bertz CT molecular complexity index is 301. The minimum absolute atomic E-state index is 0.200. The van der Waals surface area contributed by atoms with E-state index in [1.807, 2.05) is 0 Å². The van der Waals surface area contributed by atoms with Crippen molar-refractivity contribution in [3.63, 3.8) is 0 Å². The van der Waals surface area contributed by atoms with Gasteiger partial charge in [0, 0.05) is 19.1 Å². The van der Waals surface area contributed by atoms with Crippen LogP contribution in [0.15, 0.2) is 0 Å². The largest absolute Gasteiger partial charge is 0.329 e. The lowest BCUT2D eigenvalue weighted by Gasteiger charge is -2.26. The van der Waals surface area contributed by atoms with Crippen LogP contribution in [0.2, 0.25) is 0 Å². The van der Waals surface area contributed by atoms with Crippen LogP contribution in [-0.4, -0.2) is 38.6 Å². The number of nitrogens with two attached hydrogens (primary N) is 1. The van der Waals surface area contributed by atoms with Gasteiger partial charge in [0.2, 0.25) is 0 Å². The Kier molecular flexibility index (Phi) is 5.21. The molecule has 1 aliphatic rings. The van der Waals surface area contributed by atoms with Crippen LogP contribution in [0.5, 0.6) is 0 Å². The molecule has 2 atom stereocenters. The van der Waals surface area contributed by atoms with Crippen LogP contribution in [-0.2, 0) is 9.84 Å². The molecule has 0 saturated carbocycles. The maximum atomic E-state index is 11.8. The number of sulfone groups is 1. The Morgan fingerprint density at radius 2 is 2.06 bits per heavy atom. The molecule has 3 N–H and O–H groups in total. The van der Waals surface area contributed by atoms with Crippen molar-refractivity contribution in [2.24, 2.45) is 11.7 Å². The summed E-state index contributed by atoms with van der Waals surface area (Å²) in [4.78, 5) is 0. The van der Waals surface area contributed by atoms with Crippen molar-refractivity contribution in [1.82, 2.24) is 5.32 Å². The van der Waals surface area contributed by atoms with Gasteiger partial charge in [0.05, 0.1) is 11.0 Å². The fraction of sp³-hybridized carbons (Fsp3) is 1.00. The predicted molar refractivity (Wildman–Crippen MR) is 67.1 cm³/mol. The Hall–Kier alpha value is -0.130. The summed E-state index contributed by atoms with van der Waals surface area (Å²) in [6.07, 6.45) is 2.65. The minimum atomic E-state index is -2.86. The molecule has 0 bridgehead atoms. The summed E-state index contributed by atoms with van der Waals surface area (Å²) in [7, 11) is -2.86. The van der Waals surface area contributed by atoms with E-state index < -0.39 is 9.84 Å². The third kappa shape index (κ3) is 3.71. The second-order valence-electron chi connectivity index (χ2n) is 4.98. The summed E-state index contributed by atoms with van der Waals surface area (Å²) in [5.41, 5.74) is 5.64. The van der Waals surface area contributed by atoms with E-state index in [0.29, 0.717) is 24.8 Å². The van der Waals surface area contributed by atoms with Crippen molar-refractivity contribution >= 4 is 9.84 Å². The molecular weight excluding hydrogens is 224 g/mol. The first-order valence-electron chi connectivity index (χ1n) is 6.12.